The molecule has 1 spiro atoms. The second-order valence-electron chi connectivity index (χ2n) is 9.24. The first-order valence-corrected chi connectivity index (χ1v) is 11.2. The molecule has 4 unspecified atom stereocenters. The minimum Gasteiger partial charge on any atom is -0.324 e. The van der Waals surface area contributed by atoms with Gasteiger partial charge in [0.1, 0.15) is 11.4 Å². The molecule has 2 aromatic carbocycles. The highest BCUT2D eigenvalue weighted by Gasteiger charge is 2.74. The number of nitrogens with zero attached hydrogens (tertiary/aromatic N) is 2. The molecule has 6 rings (SSSR count). The number of carbonyl (C=O) groups excluding carboxylic acids is 3. The van der Waals surface area contributed by atoms with Crippen molar-refractivity contribution in [2.45, 2.75) is 38.3 Å². The number of rotatable bonds is 1. The summed E-state index contributed by atoms with van der Waals surface area (Å²) in [4.78, 5) is 44.4. The molecule has 8 heteroatoms. The van der Waals surface area contributed by atoms with Crippen LogP contribution in [0.2, 0.25) is 5.02 Å². The molecule has 4 heterocycles. The van der Waals surface area contributed by atoms with Gasteiger partial charge in [-0.05, 0) is 57.0 Å². The lowest BCUT2D eigenvalue weighted by atomic mass is 9.75. The third-order valence-corrected chi connectivity index (χ3v) is 7.89. The Morgan fingerprint density at radius 2 is 1.91 bits per heavy atom. The Morgan fingerprint density at radius 3 is 2.66 bits per heavy atom. The number of amides is 3. The molecule has 164 valence electrons. The van der Waals surface area contributed by atoms with E-state index in [2.05, 4.69) is 10.2 Å². The van der Waals surface area contributed by atoms with E-state index in [4.69, 9.17) is 11.6 Å². The lowest BCUT2D eigenvalue weighted by Gasteiger charge is -2.36. The molecular weight excluding hydrogens is 433 g/mol. The number of imide groups is 1. The maximum atomic E-state index is 13.9. The summed E-state index contributed by atoms with van der Waals surface area (Å²) in [6.07, 6.45) is 1.60. The largest absolute Gasteiger partial charge is 0.324 e. The zero-order valence-electron chi connectivity index (χ0n) is 17.6. The van der Waals surface area contributed by atoms with Crippen LogP contribution in [-0.2, 0) is 19.9 Å². The molecule has 1 N–H and O–H groups in total. The van der Waals surface area contributed by atoms with Gasteiger partial charge in [-0.1, -0.05) is 29.3 Å². The summed E-state index contributed by atoms with van der Waals surface area (Å²) in [5.41, 5.74) is 2.46. The monoisotopic (exact) mass is 453 g/mol. The van der Waals surface area contributed by atoms with E-state index >= 15 is 0 Å². The second kappa shape index (κ2) is 6.39. The van der Waals surface area contributed by atoms with Gasteiger partial charge in [-0.3, -0.25) is 19.3 Å². The second-order valence-corrected chi connectivity index (χ2v) is 9.65. The lowest BCUT2D eigenvalue weighted by Crippen LogP contribution is -2.54. The van der Waals surface area contributed by atoms with E-state index in [-0.39, 0.29) is 28.6 Å². The molecule has 4 atom stereocenters. The van der Waals surface area contributed by atoms with Crippen LogP contribution in [0.3, 0.4) is 0 Å². The van der Waals surface area contributed by atoms with Gasteiger partial charge < -0.3 is 5.32 Å². The summed E-state index contributed by atoms with van der Waals surface area (Å²) in [6.45, 7) is 4.56. The van der Waals surface area contributed by atoms with Crippen molar-refractivity contribution in [3.05, 3.63) is 57.9 Å². The van der Waals surface area contributed by atoms with Crippen molar-refractivity contribution in [1.82, 2.24) is 4.90 Å². The molecule has 3 fully saturated rings. The van der Waals surface area contributed by atoms with Crippen LogP contribution in [-0.4, -0.2) is 35.2 Å². The Labute approximate surface area is 189 Å². The number of benzene rings is 2. The van der Waals surface area contributed by atoms with E-state index < -0.39 is 29.1 Å². The Morgan fingerprint density at radius 1 is 1.12 bits per heavy atom. The third kappa shape index (κ3) is 2.20. The van der Waals surface area contributed by atoms with Crippen molar-refractivity contribution in [2.24, 2.45) is 11.8 Å². The van der Waals surface area contributed by atoms with Crippen LogP contribution in [0.4, 0.5) is 15.8 Å². The van der Waals surface area contributed by atoms with Crippen molar-refractivity contribution in [1.29, 1.82) is 0 Å². The van der Waals surface area contributed by atoms with Crippen LogP contribution < -0.4 is 10.2 Å². The average Bonchev–Trinajstić information content (AvgIpc) is 3.44. The fraction of sp³-hybridized carbons (Fsp3) is 0.375. The number of fused-ring (bicyclic) bond motifs is 7. The van der Waals surface area contributed by atoms with Crippen molar-refractivity contribution >= 4 is 40.7 Å². The first-order valence-electron chi connectivity index (χ1n) is 10.8. The Kier molecular flexibility index (Phi) is 3.97. The standard InChI is InChI=1S/C24H21ClFN3O3/c1-11-8-12(2)20-14(9-11)24(23(32)27-20)19-18(17-4-3-7-28(17)24)21(30)29(22(19)31)13-5-6-16(26)15(25)10-13/h5-6,8-10,17-19H,3-4,7H2,1-2H3,(H,27,32). The molecule has 32 heavy (non-hydrogen) atoms. The molecule has 2 aromatic rings. The van der Waals surface area contributed by atoms with Gasteiger partial charge in [0.15, 0.2) is 0 Å². The molecule has 0 bridgehead atoms. The van der Waals surface area contributed by atoms with Gasteiger partial charge in [0, 0.05) is 17.3 Å². The Bertz CT molecular complexity index is 1250. The van der Waals surface area contributed by atoms with Gasteiger partial charge in [-0.25, -0.2) is 9.29 Å². The average molecular weight is 454 g/mol. The van der Waals surface area contributed by atoms with Crippen molar-refractivity contribution < 1.29 is 18.8 Å². The molecule has 0 saturated carbocycles. The number of hydrogen-bond acceptors (Lipinski definition) is 4. The molecule has 4 aliphatic rings. The maximum absolute atomic E-state index is 13.9. The summed E-state index contributed by atoms with van der Waals surface area (Å²) in [5, 5.41) is 2.86. The minimum absolute atomic E-state index is 0.160. The minimum atomic E-state index is -1.22. The zero-order chi connectivity index (χ0) is 22.5. The first-order chi connectivity index (χ1) is 15.3. The highest BCUT2D eigenvalue weighted by Crippen LogP contribution is 2.61. The first kappa shape index (κ1) is 19.9. The van der Waals surface area contributed by atoms with E-state index in [0.717, 1.165) is 46.2 Å². The highest BCUT2D eigenvalue weighted by molar-refractivity contribution is 6.32. The van der Waals surface area contributed by atoms with Crippen LogP contribution in [0.5, 0.6) is 0 Å². The zero-order valence-corrected chi connectivity index (χ0v) is 18.4. The summed E-state index contributed by atoms with van der Waals surface area (Å²) < 4.78 is 13.7. The van der Waals surface area contributed by atoms with Crippen LogP contribution in [0.15, 0.2) is 30.3 Å². The predicted octanol–water partition coefficient (Wildman–Crippen LogP) is 3.53. The molecular formula is C24H21ClFN3O3. The number of nitrogens with one attached hydrogen (secondary N) is 1. The van der Waals surface area contributed by atoms with Gasteiger partial charge in [-0.2, -0.15) is 0 Å². The SMILES string of the molecule is Cc1cc(C)c2c(c1)C1(C(=O)N2)C2C(=O)N(c3ccc(F)c(Cl)c3)C(=O)C2C2CCCN21. The van der Waals surface area contributed by atoms with E-state index in [1.807, 2.05) is 26.0 Å². The summed E-state index contributed by atoms with van der Waals surface area (Å²) in [7, 11) is 0. The smallest absolute Gasteiger partial charge is 0.250 e. The maximum Gasteiger partial charge on any atom is 0.250 e. The number of halogens is 2. The number of hydrogen-bond donors (Lipinski definition) is 1. The molecule has 0 aliphatic carbocycles. The Hall–Kier alpha value is -2.77. The van der Waals surface area contributed by atoms with Gasteiger partial charge in [0.25, 0.3) is 0 Å². The molecule has 3 amide bonds. The van der Waals surface area contributed by atoms with E-state index in [9.17, 15) is 18.8 Å². The van der Waals surface area contributed by atoms with Gasteiger partial charge in [0.05, 0.1) is 22.5 Å². The number of aryl methyl sites for hydroxylation is 2. The topological polar surface area (TPSA) is 69.7 Å². The van der Waals surface area contributed by atoms with Crippen LogP contribution >= 0.6 is 11.6 Å². The van der Waals surface area contributed by atoms with Crippen LogP contribution in [0.25, 0.3) is 0 Å². The van der Waals surface area contributed by atoms with E-state index in [1.54, 1.807) is 0 Å². The van der Waals surface area contributed by atoms with Crippen molar-refractivity contribution in [3.8, 4) is 0 Å². The van der Waals surface area contributed by atoms with Crippen LogP contribution in [0.1, 0.15) is 29.5 Å². The fourth-order valence-corrected chi connectivity index (χ4v) is 6.71. The van der Waals surface area contributed by atoms with E-state index in [0.29, 0.717) is 6.54 Å². The van der Waals surface area contributed by atoms with Gasteiger partial charge in [0.2, 0.25) is 17.7 Å². The fourth-order valence-electron chi connectivity index (χ4n) is 6.54. The molecule has 4 aliphatic heterocycles. The predicted molar refractivity (Wildman–Crippen MR) is 117 cm³/mol. The highest BCUT2D eigenvalue weighted by atomic mass is 35.5. The summed E-state index contributed by atoms with van der Waals surface area (Å²) in [5.74, 6) is -3.12. The molecule has 6 nitrogen and oxygen atoms in total. The summed E-state index contributed by atoms with van der Waals surface area (Å²) >= 11 is 5.95. The van der Waals surface area contributed by atoms with Crippen molar-refractivity contribution in [2.75, 3.05) is 16.8 Å². The molecule has 3 saturated heterocycles. The number of anilines is 2. The third-order valence-electron chi connectivity index (χ3n) is 7.60. The van der Waals surface area contributed by atoms with E-state index in [1.165, 1.54) is 12.1 Å². The summed E-state index contributed by atoms with van der Waals surface area (Å²) in [6, 6.07) is 7.59. The normalized spacial score (nSPS) is 30.8. The lowest BCUT2D eigenvalue weighted by molar-refractivity contribution is -0.135. The molecule has 0 radical (unpaired) electrons. The molecule has 0 aromatic heterocycles. The van der Waals surface area contributed by atoms with Gasteiger partial charge >= 0.3 is 0 Å². The van der Waals surface area contributed by atoms with Gasteiger partial charge in [-0.15, -0.1) is 0 Å². The van der Waals surface area contributed by atoms with Crippen LogP contribution in [0, 0.1) is 31.5 Å². The Balaban J connectivity index is 1.57. The quantitative estimate of drug-likeness (QED) is 0.671. The van der Waals surface area contributed by atoms with Crippen molar-refractivity contribution in [3.63, 3.8) is 0 Å². The number of carbonyl (C=O) groups is 3.